The van der Waals surface area contributed by atoms with E-state index in [0.29, 0.717) is 29.2 Å². The molecule has 0 radical (unpaired) electrons. The van der Waals surface area contributed by atoms with Crippen molar-refractivity contribution in [2.75, 3.05) is 6.61 Å². The van der Waals surface area contributed by atoms with Gasteiger partial charge in [-0.15, -0.1) is 0 Å². The monoisotopic (exact) mass is 275 g/mol. The van der Waals surface area contributed by atoms with Gasteiger partial charge in [0.1, 0.15) is 11.5 Å². The number of nitrogens with two attached hydrogens (primary N) is 1. The largest absolute Gasteiger partial charge is 0.455 e. The minimum absolute atomic E-state index is 0.0185. The van der Waals surface area contributed by atoms with Gasteiger partial charge in [-0.3, -0.25) is 10.1 Å². The van der Waals surface area contributed by atoms with Crippen LogP contribution in [0.15, 0.2) is 45.9 Å². The standard InChI is InChI=1S/C13H13N3O4/c14-15-11(7-8-17)13-6-5-12(20-13)9-1-3-10(4-2-9)16(18)19/h1-6,17H,7-8,14H2. The van der Waals surface area contributed by atoms with Crippen LogP contribution >= 0.6 is 0 Å². The quantitative estimate of drug-likeness (QED) is 0.374. The topological polar surface area (TPSA) is 115 Å². The van der Waals surface area contributed by atoms with Gasteiger partial charge in [0.15, 0.2) is 5.76 Å². The van der Waals surface area contributed by atoms with Crippen LogP contribution in [-0.2, 0) is 0 Å². The lowest BCUT2D eigenvalue weighted by molar-refractivity contribution is -0.384. The number of benzene rings is 1. The lowest BCUT2D eigenvalue weighted by Gasteiger charge is -1.99. The molecule has 0 aliphatic carbocycles. The molecule has 1 aromatic carbocycles. The van der Waals surface area contributed by atoms with Gasteiger partial charge in [-0.05, 0) is 24.3 Å². The number of non-ortho nitro benzene ring substituents is 1. The summed E-state index contributed by atoms with van der Waals surface area (Å²) in [4.78, 5) is 10.1. The molecule has 2 aromatic rings. The highest BCUT2D eigenvalue weighted by Gasteiger charge is 2.11. The minimum atomic E-state index is -0.461. The van der Waals surface area contributed by atoms with Gasteiger partial charge in [-0.25, -0.2) is 0 Å². The molecule has 0 saturated carbocycles. The van der Waals surface area contributed by atoms with Crippen LogP contribution in [0, 0.1) is 10.1 Å². The first-order chi connectivity index (χ1) is 9.65. The highest BCUT2D eigenvalue weighted by atomic mass is 16.6. The molecule has 3 N–H and O–H groups in total. The van der Waals surface area contributed by atoms with E-state index in [2.05, 4.69) is 5.10 Å². The summed E-state index contributed by atoms with van der Waals surface area (Å²) in [7, 11) is 0. The van der Waals surface area contributed by atoms with Crippen molar-refractivity contribution in [3.63, 3.8) is 0 Å². The zero-order valence-corrected chi connectivity index (χ0v) is 10.5. The first kappa shape index (κ1) is 13.8. The van der Waals surface area contributed by atoms with Crippen molar-refractivity contribution in [3.8, 4) is 11.3 Å². The van der Waals surface area contributed by atoms with Crippen molar-refractivity contribution in [2.45, 2.75) is 6.42 Å². The molecule has 0 atom stereocenters. The lowest BCUT2D eigenvalue weighted by atomic mass is 10.1. The van der Waals surface area contributed by atoms with Crippen LogP contribution < -0.4 is 5.84 Å². The van der Waals surface area contributed by atoms with E-state index in [-0.39, 0.29) is 12.3 Å². The Morgan fingerprint density at radius 2 is 2.00 bits per heavy atom. The third-order valence-electron chi connectivity index (χ3n) is 2.76. The Kier molecular flexibility index (Phi) is 4.11. The van der Waals surface area contributed by atoms with Crippen molar-refractivity contribution < 1.29 is 14.4 Å². The Hall–Kier alpha value is -2.67. The highest BCUT2D eigenvalue weighted by Crippen LogP contribution is 2.25. The number of hydrogen-bond acceptors (Lipinski definition) is 6. The summed E-state index contributed by atoms with van der Waals surface area (Å²) in [5.74, 6) is 6.25. The van der Waals surface area contributed by atoms with E-state index in [1.165, 1.54) is 12.1 Å². The highest BCUT2D eigenvalue weighted by molar-refractivity contribution is 5.98. The maximum atomic E-state index is 10.6. The maximum Gasteiger partial charge on any atom is 0.269 e. The molecule has 0 unspecified atom stereocenters. The predicted molar refractivity (Wildman–Crippen MR) is 73.2 cm³/mol. The Balaban J connectivity index is 2.26. The SMILES string of the molecule is NN=C(CCO)c1ccc(-c2ccc([N+](=O)[O-])cc2)o1. The van der Waals surface area contributed by atoms with Gasteiger partial charge < -0.3 is 15.4 Å². The van der Waals surface area contributed by atoms with Crippen molar-refractivity contribution in [3.05, 3.63) is 52.3 Å². The Morgan fingerprint density at radius 1 is 1.30 bits per heavy atom. The van der Waals surface area contributed by atoms with Gasteiger partial charge in [-0.1, -0.05) is 0 Å². The molecule has 2 rings (SSSR count). The van der Waals surface area contributed by atoms with Crippen molar-refractivity contribution >= 4 is 11.4 Å². The van der Waals surface area contributed by atoms with Crippen LogP contribution in [-0.4, -0.2) is 22.3 Å². The van der Waals surface area contributed by atoms with E-state index in [4.69, 9.17) is 15.4 Å². The van der Waals surface area contributed by atoms with Crippen molar-refractivity contribution in [1.29, 1.82) is 0 Å². The van der Waals surface area contributed by atoms with Gasteiger partial charge in [0.25, 0.3) is 5.69 Å². The number of aliphatic hydroxyl groups excluding tert-OH is 1. The molecule has 0 amide bonds. The molecule has 0 bridgehead atoms. The second kappa shape index (κ2) is 5.98. The van der Waals surface area contributed by atoms with Gasteiger partial charge in [0.2, 0.25) is 0 Å². The third kappa shape index (κ3) is 2.83. The summed E-state index contributed by atoms with van der Waals surface area (Å²) in [5.41, 5.74) is 1.19. The minimum Gasteiger partial charge on any atom is -0.455 e. The van der Waals surface area contributed by atoms with Crippen LogP contribution in [0.5, 0.6) is 0 Å². The van der Waals surface area contributed by atoms with Crippen LogP contribution in [0.2, 0.25) is 0 Å². The average Bonchev–Trinajstić information content (AvgIpc) is 2.94. The molecule has 0 aliphatic heterocycles. The summed E-state index contributed by atoms with van der Waals surface area (Å²) >= 11 is 0. The molecule has 0 spiro atoms. The van der Waals surface area contributed by atoms with E-state index in [9.17, 15) is 10.1 Å². The van der Waals surface area contributed by atoms with Crippen molar-refractivity contribution in [2.24, 2.45) is 10.9 Å². The smallest absolute Gasteiger partial charge is 0.269 e. The molecular formula is C13H13N3O4. The van der Waals surface area contributed by atoms with Crippen LogP contribution in [0.3, 0.4) is 0 Å². The maximum absolute atomic E-state index is 10.6. The van der Waals surface area contributed by atoms with Gasteiger partial charge in [0.05, 0.1) is 4.92 Å². The van der Waals surface area contributed by atoms with Crippen LogP contribution in [0.1, 0.15) is 12.2 Å². The molecule has 1 heterocycles. The fraction of sp³-hybridized carbons (Fsp3) is 0.154. The number of furan rings is 1. The summed E-state index contributed by atoms with van der Waals surface area (Å²) < 4.78 is 5.58. The lowest BCUT2D eigenvalue weighted by Crippen LogP contribution is -2.05. The summed E-state index contributed by atoms with van der Waals surface area (Å²) in [6.07, 6.45) is 0.295. The van der Waals surface area contributed by atoms with E-state index in [1.807, 2.05) is 0 Å². The zero-order valence-electron chi connectivity index (χ0n) is 10.5. The first-order valence-corrected chi connectivity index (χ1v) is 5.88. The number of nitro benzene ring substituents is 1. The van der Waals surface area contributed by atoms with E-state index in [0.717, 1.165) is 0 Å². The third-order valence-corrected chi connectivity index (χ3v) is 2.76. The number of hydrazone groups is 1. The number of hydrogen-bond donors (Lipinski definition) is 2. The second-order valence-corrected chi connectivity index (χ2v) is 4.02. The normalized spacial score (nSPS) is 11.6. The first-order valence-electron chi connectivity index (χ1n) is 5.88. The average molecular weight is 275 g/mol. The number of rotatable bonds is 5. The molecule has 7 nitrogen and oxygen atoms in total. The Bertz CT molecular complexity index is 631. The number of aliphatic hydroxyl groups is 1. The predicted octanol–water partition coefficient (Wildman–Crippen LogP) is 1.90. The summed E-state index contributed by atoms with van der Waals surface area (Å²) in [5, 5.41) is 23.0. The molecule has 20 heavy (non-hydrogen) atoms. The van der Waals surface area contributed by atoms with Gasteiger partial charge >= 0.3 is 0 Å². The molecule has 1 aromatic heterocycles. The molecule has 104 valence electrons. The van der Waals surface area contributed by atoms with Crippen LogP contribution in [0.4, 0.5) is 5.69 Å². The molecule has 0 fully saturated rings. The van der Waals surface area contributed by atoms with Gasteiger partial charge in [0, 0.05) is 30.7 Å². The van der Waals surface area contributed by atoms with Crippen LogP contribution in [0.25, 0.3) is 11.3 Å². The van der Waals surface area contributed by atoms with E-state index < -0.39 is 4.92 Å². The Labute approximate surface area is 114 Å². The second-order valence-electron chi connectivity index (χ2n) is 4.02. The Morgan fingerprint density at radius 3 is 2.55 bits per heavy atom. The molecule has 0 saturated heterocycles. The fourth-order valence-electron chi connectivity index (χ4n) is 1.75. The number of nitrogens with zero attached hydrogens (tertiary/aromatic N) is 2. The van der Waals surface area contributed by atoms with Crippen molar-refractivity contribution in [1.82, 2.24) is 0 Å². The van der Waals surface area contributed by atoms with Gasteiger partial charge in [-0.2, -0.15) is 5.10 Å². The number of nitro groups is 1. The van der Waals surface area contributed by atoms with E-state index >= 15 is 0 Å². The molecule has 7 heteroatoms. The molecule has 0 aliphatic rings. The summed E-state index contributed by atoms with van der Waals surface area (Å²) in [6, 6.07) is 9.43. The molecular weight excluding hydrogens is 262 g/mol. The fourth-order valence-corrected chi connectivity index (χ4v) is 1.75. The summed E-state index contributed by atoms with van der Waals surface area (Å²) in [6.45, 7) is -0.0798. The zero-order chi connectivity index (χ0) is 14.5. The van der Waals surface area contributed by atoms with E-state index in [1.54, 1.807) is 24.3 Å².